The molecule has 30 heavy (non-hydrogen) atoms. The Morgan fingerprint density at radius 2 is 2.03 bits per heavy atom. The summed E-state index contributed by atoms with van der Waals surface area (Å²) in [4.78, 5) is 19.0. The number of carbonyl (C=O) groups excluding carboxylic acids is 1. The Balaban J connectivity index is 1.62. The van der Waals surface area contributed by atoms with Crippen LogP contribution in [0.1, 0.15) is 26.2 Å². The number of hydrogen-bond acceptors (Lipinski definition) is 6. The molecule has 1 fully saturated rings. The topological polar surface area (TPSA) is 73.1 Å². The number of likely N-dealkylation sites (tertiary alicyclic amines) is 1. The van der Waals surface area contributed by atoms with E-state index in [0.717, 1.165) is 36.4 Å². The molecule has 0 N–H and O–H groups in total. The number of carbonyl (C=O) groups is 1. The first-order valence-corrected chi connectivity index (χ1v) is 11.1. The van der Waals surface area contributed by atoms with E-state index < -0.39 is 0 Å². The van der Waals surface area contributed by atoms with E-state index in [2.05, 4.69) is 22.1 Å². The highest BCUT2D eigenvalue weighted by atomic mass is 32.2. The van der Waals surface area contributed by atoms with Gasteiger partial charge in [-0.2, -0.15) is 0 Å². The minimum Gasteiger partial charge on any atom is -0.497 e. The molecule has 0 radical (unpaired) electrons. The zero-order valence-corrected chi connectivity index (χ0v) is 18.0. The molecule has 1 aliphatic rings. The number of rotatable bonds is 6. The molecule has 0 aliphatic carbocycles. The van der Waals surface area contributed by atoms with E-state index >= 15 is 0 Å². The summed E-state index contributed by atoms with van der Waals surface area (Å²) in [5.74, 6) is 1.96. The zero-order chi connectivity index (χ0) is 20.9. The molecular weight excluding hydrogens is 398 g/mol. The van der Waals surface area contributed by atoms with Gasteiger partial charge in [0.25, 0.3) is 0 Å². The maximum absolute atomic E-state index is 12.8. The van der Waals surface area contributed by atoms with E-state index in [-0.39, 0.29) is 5.91 Å². The summed E-state index contributed by atoms with van der Waals surface area (Å²) < 4.78 is 7.25. The Morgan fingerprint density at radius 1 is 1.20 bits per heavy atom. The van der Waals surface area contributed by atoms with Crippen LogP contribution in [0.15, 0.2) is 53.9 Å². The molecule has 3 aromatic rings. The number of methoxy groups -OCH3 is 1. The molecule has 1 aliphatic heterocycles. The van der Waals surface area contributed by atoms with E-state index in [1.807, 2.05) is 45.9 Å². The maximum atomic E-state index is 12.8. The lowest BCUT2D eigenvalue weighted by Gasteiger charge is -2.33. The van der Waals surface area contributed by atoms with Gasteiger partial charge in [0.2, 0.25) is 5.91 Å². The summed E-state index contributed by atoms with van der Waals surface area (Å²) in [6, 6.07) is 11.8. The molecule has 0 unspecified atom stereocenters. The molecule has 0 bridgehead atoms. The fourth-order valence-corrected chi connectivity index (χ4v) is 4.53. The third-order valence-electron chi connectivity index (χ3n) is 5.33. The van der Waals surface area contributed by atoms with Crippen LogP contribution < -0.4 is 4.74 Å². The van der Waals surface area contributed by atoms with Crippen molar-refractivity contribution >= 4 is 17.7 Å². The summed E-state index contributed by atoms with van der Waals surface area (Å²) in [5, 5.41) is 9.48. The van der Waals surface area contributed by atoms with Crippen molar-refractivity contribution in [2.45, 2.75) is 37.4 Å². The highest BCUT2D eigenvalue weighted by Gasteiger charge is 2.24. The van der Waals surface area contributed by atoms with Crippen LogP contribution in [0.5, 0.6) is 5.75 Å². The van der Waals surface area contributed by atoms with Gasteiger partial charge in [0.05, 0.1) is 12.9 Å². The molecule has 1 aromatic carbocycles. The lowest BCUT2D eigenvalue weighted by atomic mass is 10.0. The quantitative estimate of drug-likeness (QED) is 0.561. The number of benzene rings is 1. The van der Waals surface area contributed by atoms with Crippen molar-refractivity contribution in [2.75, 3.05) is 19.4 Å². The van der Waals surface area contributed by atoms with Crippen molar-refractivity contribution < 1.29 is 9.53 Å². The SMILES string of the molecule is COc1ccc(-n2c(SCC(=O)N3CCCC[C@H]3C)nnc2-c2cccnc2)cc1. The van der Waals surface area contributed by atoms with Crippen LogP contribution in [0.3, 0.4) is 0 Å². The summed E-state index contributed by atoms with van der Waals surface area (Å²) >= 11 is 1.42. The Labute approximate surface area is 180 Å². The molecule has 1 amide bonds. The normalized spacial score (nSPS) is 16.5. The van der Waals surface area contributed by atoms with Gasteiger partial charge in [0, 0.05) is 36.2 Å². The van der Waals surface area contributed by atoms with Crippen molar-refractivity contribution in [3.8, 4) is 22.8 Å². The van der Waals surface area contributed by atoms with Gasteiger partial charge in [-0.25, -0.2) is 0 Å². The second kappa shape index (κ2) is 9.30. The average Bonchev–Trinajstić information content (AvgIpc) is 3.22. The van der Waals surface area contributed by atoms with Crippen LogP contribution in [0.4, 0.5) is 0 Å². The first-order chi connectivity index (χ1) is 14.7. The van der Waals surface area contributed by atoms with Gasteiger partial charge in [-0.1, -0.05) is 11.8 Å². The predicted octanol–water partition coefficient (Wildman–Crippen LogP) is 3.83. The van der Waals surface area contributed by atoms with Crippen molar-refractivity contribution in [1.29, 1.82) is 0 Å². The van der Waals surface area contributed by atoms with Crippen LogP contribution >= 0.6 is 11.8 Å². The van der Waals surface area contributed by atoms with Crippen LogP contribution in [0.25, 0.3) is 17.1 Å². The van der Waals surface area contributed by atoms with E-state index in [1.54, 1.807) is 19.5 Å². The van der Waals surface area contributed by atoms with Gasteiger partial charge in [-0.3, -0.25) is 14.3 Å². The molecule has 2 aromatic heterocycles. The monoisotopic (exact) mass is 423 g/mol. The fourth-order valence-electron chi connectivity index (χ4n) is 3.69. The minimum absolute atomic E-state index is 0.152. The number of pyridine rings is 1. The average molecular weight is 424 g/mol. The summed E-state index contributed by atoms with van der Waals surface area (Å²) in [6.07, 6.45) is 6.83. The second-order valence-electron chi connectivity index (χ2n) is 7.30. The molecule has 7 nitrogen and oxygen atoms in total. The zero-order valence-electron chi connectivity index (χ0n) is 17.2. The summed E-state index contributed by atoms with van der Waals surface area (Å²) in [7, 11) is 1.64. The third-order valence-corrected chi connectivity index (χ3v) is 6.25. The standard InChI is InChI=1S/C22H25N5O2S/c1-16-6-3-4-13-26(16)20(28)15-30-22-25-24-21(17-7-5-12-23-14-17)27(22)18-8-10-19(29-2)11-9-18/h5,7-12,14,16H,3-4,6,13,15H2,1-2H3/t16-/m1/s1. The smallest absolute Gasteiger partial charge is 0.233 e. The maximum Gasteiger partial charge on any atom is 0.233 e. The number of thioether (sulfide) groups is 1. The summed E-state index contributed by atoms with van der Waals surface area (Å²) in [6.45, 7) is 2.97. The largest absolute Gasteiger partial charge is 0.497 e. The highest BCUT2D eigenvalue weighted by molar-refractivity contribution is 7.99. The Kier molecular flexibility index (Phi) is 6.32. The van der Waals surface area contributed by atoms with Gasteiger partial charge in [0.1, 0.15) is 5.75 Å². The Bertz CT molecular complexity index is 991. The predicted molar refractivity (Wildman–Crippen MR) is 117 cm³/mol. The van der Waals surface area contributed by atoms with E-state index in [0.29, 0.717) is 22.8 Å². The number of piperidine rings is 1. The molecule has 4 rings (SSSR count). The number of amides is 1. The summed E-state index contributed by atoms with van der Waals surface area (Å²) in [5.41, 5.74) is 1.77. The number of nitrogens with zero attached hydrogens (tertiary/aromatic N) is 5. The number of hydrogen-bond donors (Lipinski definition) is 0. The van der Waals surface area contributed by atoms with Crippen LogP contribution in [0.2, 0.25) is 0 Å². The van der Waals surface area contributed by atoms with Crippen LogP contribution in [-0.2, 0) is 4.79 Å². The van der Waals surface area contributed by atoms with Gasteiger partial charge < -0.3 is 9.64 Å². The van der Waals surface area contributed by atoms with Gasteiger partial charge in [-0.15, -0.1) is 10.2 Å². The molecule has 8 heteroatoms. The first-order valence-electron chi connectivity index (χ1n) is 10.1. The first kappa shape index (κ1) is 20.4. The Morgan fingerprint density at radius 3 is 2.73 bits per heavy atom. The number of ether oxygens (including phenoxy) is 1. The van der Waals surface area contributed by atoms with E-state index in [9.17, 15) is 4.79 Å². The Hall–Kier alpha value is -2.87. The lowest BCUT2D eigenvalue weighted by molar-refractivity contribution is -0.131. The van der Waals surface area contributed by atoms with Gasteiger partial charge in [0.15, 0.2) is 11.0 Å². The number of aromatic nitrogens is 4. The molecule has 3 heterocycles. The van der Waals surface area contributed by atoms with Gasteiger partial charge >= 0.3 is 0 Å². The van der Waals surface area contributed by atoms with Crippen LogP contribution in [0, 0.1) is 0 Å². The van der Waals surface area contributed by atoms with Crippen molar-refractivity contribution in [1.82, 2.24) is 24.6 Å². The van der Waals surface area contributed by atoms with E-state index in [1.165, 1.54) is 18.2 Å². The molecule has 156 valence electrons. The lowest BCUT2D eigenvalue weighted by Crippen LogP contribution is -2.42. The second-order valence-corrected chi connectivity index (χ2v) is 8.24. The van der Waals surface area contributed by atoms with Crippen LogP contribution in [-0.4, -0.2) is 56.0 Å². The highest BCUT2D eigenvalue weighted by Crippen LogP contribution is 2.29. The van der Waals surface area contributed by atoms with Crippen molar-refractivity contribution in [3.05, 3.63) is 48.8 Å². The minimum atomic E-state index is 0.152. The van der Waals surface area contributed by atoms with Gasteiger partial charge in [-0.05, 0) is 62.6 Å². The molecule has 0 spiro atoms. The fraction of sp³-hybridized carbons (Fsp3) is 0.364. The third kappa shape index (κ3) is 4.33. The van der Waals surface area contributed by atoms with E-state index in [4.69, 9.17) is 4.74 Å². The molecule has 1 saturated heterocycles. The molecule has 0 saturated carbocycles. The molecular formula is C22H25N5O2S. The molecule has 1 atom stereocenters. The van der Waals surface area contributed by atoms with Crippen molar-refractivity contribution in [2.24, 2.45) is 0 Å². The van der Waals surface area contributed by atoms with Crippen molar-refractivity contribution in [3.63, 3.8) is 0 Å².